The van der Waals surface area contributed by atoms with Crippen molar-refractivity contribution in [3.8, 4) is 5.75 Å². The van der Waals surface area contributed by atoms with Gasteiger partial charge in [0.25, 0.3) is 5.91 Å². The van der Waals surface area contributed by atoms with Crippen molar-refractivity contribution in [2.24, 2.45) is 22.2 Å². The van der Waals surface area contributed by atoms with E-state index in [4.69, 9.17) is 14.5 Å². The maximum atomic E-state index is 13.8. The number of benzene rings is 1. The van der Waals surface area contributed by atoms with Crippen LogP contribution >= 0.6 is 11.8 Å². The molecule has 5 rings (SSSR count). The topological polar surface area (TPSA) is 51.1 Å². The molecule has 0 saturated heterocycles. The molecule has 2 fully saturated rings. The molecule has 1 aliphatic heterocycles. The Bertz CT molecular complexity index is 892. The highest BCUT2D eigenvalue weighted by Crippen LogP contribution is 2.62. The molecule has 3 atom stereocenters. The monoisotopic (exact) mass is 428 g/mol. The van der Waals surface area contributed by atoms with Gasteiger partial charge in [-0.05, 0) is 79.9 Å². The number of hydrogen-bond acceptors (Lipinski definition) is 5. The Morgan fingerprint density at radius 3 is 2.63 bits per heavy atom. The molecule has 1 heterocycles. The predicted molar refractivity (Wildman–Crippen MR) is 120 cm³/mol. The first-order valence-electron chi connectivity index (χ1n) is 11.1. The van der Waals surface area contributed by atoms with Crippen LogP contribution in [0.2, 0.25) is 0 Å². The van der Waals surface area contributed by atoms with Gasteiger partial charge in [-0.3, -0.25) is 9.69 Å². The highest BCUT2D eigenvalue weighted by molar-refractivity contribution is 8.13. The Hall–Kier alpha value is -1.53. The zero-order chi connectivity index (χ0) is 21.1. The fourth-order valence-electron chi connectivity index (χ4n) is 5.97. The first-order chi connectivity index (χ1) is 14.4. The molecular weight excluding hydrogens is 396 g/mol. The third-order valence-electron chi connectivity index (χ3n) is 8.08. The molecule has 1 aromatic rings. The number of carbonyl (C=O) groups excluding carboxylic acids is 1. The summed E-state index contributed by atoms with van der Waals surface area (Å²) >= 11 is 1.56. The van der Waals surface area contributed by atoms with Gasteiger partial charge in [-0.2, -0.15) is 0 Å². The van der Waals surface area contributed by atoms with Crippen molar-refractivity contribution >= 4 is 22.8 Å². The molecule has 2 unspecified atom stereocenters. The summed E-state index contributed by atoms with van der Waals surface area (Å²) in [6.07, 6.45) is 8.33. The molecular formula is C24H32N2O3S. The Balaban J connectivity index is 1.55. The lowest BCUT2D eigenvalue weighted by Gasteiger charge is -2.45. The van der Waals surface area contributed by atoms with Crippen LogP contribution in [0.1, 0.15) is 50.2 Å². The number of amides is 1. The summed E-state index contributed by atoms with van der Waals surface area (Å²) in [6, 6.07) is 6.39. The lowest BCUT2D eigenvalue weighted by molar-refractivity contribution is -0.137. The van der Waals surface area contributed by atoms with Gasteiger partial charge in [0.1, 0.15) is 5.75 Å². The lowest BCUT2D eigenvalue weighted by atomic mass is 9.61. The van der Waals surface area contributed by atoms with Gasteiger partial charge in [-0.15, -0.1) is 0 Å². The van der Waals surface area contributed by atoms with Crippen LogP contribution in [0.5, 0.6) is 5.75 Å². The molecule has 30 heavy (non-hydrogen) atoms. The maximum absolute atomic E-state index is 13.8. The largest absolute Gasteiger partial charge is 0.493 e. The van der Waals surface area contributed by atoms with E-state index in [9.17, 15) is 4.79 Å². The van der Waals surface area contributed by atoms with Gasteiger partial charge < -0.3 is 9.47 Å². The summed E-state index contributed by atoms with van der Waals surface area (Å²) in [6.45, 7) is 3.04. The second-order valence-electron chi connectivity index (χ2n) is 9.67. The molecule has 1 amide bonds. The number of nitrogens with zero attached hydrogens (tertiary/aromatic N) is 2. The molecule has 6 heteroatoms. The minimum absolute atomic E-state index is 0.120. The molecule has 4 aliphatic rings. The number of amidine groups is 1. The number of hydrogen-bond donors (Lipinski definition) is 0. The number of carbonyl (C=O) groups is 1. The van der Waals surface area contributed by atoms with Crippen molar-refractivity contribution in [2.75, 3.05) is 27.0 Å². The second kappa shape index (κ2) is 7.27. The molecule has 0 bridgehead atoms. The Labute approximate surface area is 183 Å². The summed E-state index contributed by atoms with van der Waals surface area (Å²) in [5.74, 6) is 2.43. The van der Waals surface area contributed by atoms with E-state index in [-0.39, 0.29) is 17.4 Å². The van der Waals surface area contributed by atoms with Crippen LogP contribution in [0.4, 0.5) is 0 Å². The van der Waals surface area contributed by atoms with Crippen LogP contribution in [-0.2, 0) is 21.5 Å². The highest BCUT2D eigenvalue weighted by atomic mass is 32.2. The molecule has 0 aromatic heterocycles. The molecule has 2 spiro atoms. The fraction of sp³-hybridized carbons (Fsp3) is 0.667. The Kier molecular flexibility index (Phi) is 4.93. The van der Waals surface area contributed by atoms with Gasteiger partial charge in [-0.1, -0.05) is 24.8 Å². The molecule has 162 valence electrons. The fourth-order valence-corrected chi connectivity index (χ4v) is 6.55. The molecule has 3 aliphatic carbocycles. The lowest BCUT2D eigenvalue weighted by Crippen LogP contribution is -2.51. The zero-order valence-corrected chi connectivity index (χ0v) is 19.3. The summed E-state index contributed by atoms with van der Waals surface area (Å²) in [5.41, 5.74) is 1.34. The van der Waals surface area contributed by atoms with E-state index < -0.39 is 5.54 Å². The van der Waals surface area contributed by atoms with E-state index >= 15 is 0 Å². The standard InChI is InChI=1S/C24H32N2O3S/c1-15-11-17(15)14-29-19-6-5-16-13-23(9-7-18(28-3)8-10-23)24(20(16)12-19)21(27)26(2)22(25-24)30-4/h5-6,12,15,17-18H,7-11,13-14H2,1-4H3/t15-,17?,18?,23?,24?/m0/s1. The van der Waals surface area contributed by atoms with Crippen molar-refractivity contribution in [3.63, 3.8) is 0 Å². The molecule has 0 radical (unpaired) electrons. The molecule has 1 aromatic carbocycles. The van der Waals surface area contributed by atoms with Gasteiger partial charge >= 0.3 is 0 Å². The van der Waals surface area contributed by atoms with Crippen LogP contribution in [0.25, 0.3) is 0 Å². The van der Waals surface area contributed by atoms with Crippen LogP contribution in [0.3, 0.4) is 0 Å². The van der Waals surface area contributed by atoms with Gasteiger partial charge in [0, 0.05) is 19.6 Å². The van der Waals surface area contributed by atoms with Crippen molar-refractivity contribution in [3.05, 3.63) is 29.3 Å². The number of aliphatic imine (C=N–C) groups is 1. The first-order valence-corrected chi connectivity index (χ1v) is 12.4. The van der Waals surface area contributed by atoms with Crippen LogP contribution < -0.4 is 4.74 Å². The second-order valence-corrected chi connectivity index (χ2v) is 10.4. The number of methoxy groups -OCH3 is 1. The van der Waals surface area contributed by atoms with Crippen LogP contribution in [0, 0.1) is 17.3 Å². The van der Waals surface area contributed by atoms with Crippen molar-refractivity contribution in [1.82, 2.24) is 4.90 Å². The number of likely N-dealkylation sites (N-methyl/N-ethyl adjacent to an activating group) is 1. The quantitative estimate of drug-likeness (QED) is 0.720. The van der Waals surface area contributed by atoms with E-state index in [0.717, 1.165) is 61.1 Å². The van der Waals surface area contributed by atoms with Gasteiger partial charge in [-0.25, -0.2) is 4.99 Å². The van der Waals surface area contributed by atoms with Crippen molar-refractivity contribution in [2.45, 2.75) is 57.1 Å². The number of thioether (sulfide) groups is 1. The third kappa shape index (κ3) is 2.86. The first kappa shape index (κ1) is 20.4. The minimum Gasteiger partial charge on any atom is -0.493 e. The summed E-state index contributed by atoms with van der Waals surface area (Å²) < 4.78 is 11.8. The number of rotatable bonds is 4. The number of fused-ring (bicyclic) bond motifs is 3. The van der Waals surface area contributed by atoms with Gasteiger partial charge in [0.05, 0.1) is 12.7 Å². The Morgan fingerprint density at radius 2 is 2.03 bits per heavy atom. The van der Waals surface area contributed by atoms with Crippen LogP contribution in [0.15, 0.2) is 23.2 Å². The average molecular weight is 429 g/mol. The highest BCUT2D eigenvalue weighted by Gasteiger charge is 2.66. The van der Waals surface area contributed by atoms with Crippen molar-refractivity contribution < 1.29 is 14.3 Å². The smallest absolute Gasteiger partial charge is 0.261 e. The van der Waals surface area contributed by atoms with E-state index in [0.29, 0.717) is 5.92 Å². The summed E-state index contributed by atoms with van der Waals surface area (Å²) in [4.78, 5) is 20.8. The van der Waals surface area contributed by atoms with E-state index in [1.807, 2.05) is 13.3 Å². The SMILES string of the molecule is COC1CCC2(CC1)Cc1ccc(OCC3C[C@@H]3C)cc1C21N=C(SC)N(C)C1=O. The van der Waals surface area contributed by atoms with Crippen LogP contribution in [-0.4, -0.2) is 49.1 Å². The summed E-state index contributed by atoms with van der Waals surface area (Å²) in [7, 11) is 3.67. The maximum Gasteiger partial charge on any atom is 0.261 e. The molecule has 5 nitrogen and oxygen atoms in total. The normalized spacial score (nSPS) is 37.1. The zero-order valence-electron chi connectivity index (χ0n) is 18.4. The van der Waals surface area contributed by atoms with Crippen molar-refractivity contribution in [1.29, 1.82) is 0 Å². The average Bonchev–Trinajstić information content (AvgIpc) is 3.33. The Morgan fingerprint density at radius 1 is 1.30 bits per heavy atom. The van der Waals surface area contributed by atoms with E-state index in [1.54, 1.807) is 23.8 Å². The number of ether oxygens (including phenoxy) is 2. The third-order valence-corrected chi connectivity index (χ3v) is 8.81. The molecule has 0 N–H and O–H groups in total. The van der Waals surface area contributed by atoms with E-state index in [1.165, 1.54) is 12.0 Å². The summed E-state index contributed by atoms with van der Waals surface area (Å²) in [5, 5.41) is 0.819. The molecule has 2 saturated carbocycles. The predicted octanol–water partition coefficient (Wildman–Crippen LogP) is 4.24. The minimum atomic E-state index is -0.819. The van der Waals surface area contributed by atoms with Gasteiger partial charge in [0.15, 0.2) is 10.7 Å². The van der Waals surface area contributed by atoms with E-state index in [2.05, 4.69) is 25.1 Å². The van der Waals surface area contributed by atoms with Gasteiger partial charge in [0.2, 0.25) is 0 Å².